The highest BCUT2D eigenvalue weighted by molar-refractivity contribution is 6.03. The zero-order chi connectivity index (χ0) is 15.4. The minimum atomic E-state index is -0.473. The van der Waals surface area contributed by atoms with Crippen molar-refractivity contribution in [2.24, 2.45) is 0 Å². The van der Waals surface area contributed by atoms with Crippen molar-refractivity contribution in [1.82, 2.24) is 19.7 Å². The van der Waals surface area contributed by atoms with Crippen LogP contribution in [0.5, 0.6) is 0 Å². The largest absolute Gasteiger partial charge is 0.328 e. The van der Waals surface area contributed by atoms with E-state index in [0.717, 1.165) is 5.69 Å². The first kappa shape index (κ1) is 13.7. The number of hydrogen-bond donors (Lipinski definition) is 2. The lowest BCUT2D eigenvalue weighted by Crippen LogP contribution is -2.22. The van der Waals surface area contributed by atoms with E-state index in [0.29, 0.717) is 12.2 Å². The van der Waals surface area contributed by atoms with Gasteiger partial charge in [-0.15, -0.1) is 0 Å². The number of aromatic amines is 1. The molecule has 0 bridgehead atoms. The molecule has 0 saturated heterocycles. The van der Waals surface area contributed by atoms with Crippen LogP contribution in [0.3, 0.4) is 0 Å². The Morgan fingerprint density at radius 2 is 2.18 bits per heavy atom. The van der Waals surface area contributed by atoms with Gasteiger partial charge in [0.1, 0.15) is 5.56 Å². The molecule has 0 saturated carbocycles. The number of carbonyl (C=O) groups excluding carboxylic acids is 1. The van der Waals surface area contributed by atoms with E-state index in [1.807, 2.05) is 18.2 Å². The third-order valence-electron chi connectivity index (χ3n) is 3.00. The van der Waals surface area contributed by atoms with Gasteiger partial charge in [-0.1, -0.05) is 6.07 Å². The Kier molecular flexibility index (Phi) is 3.78. The van der Waals surface area contributed by atoms with E-state index in [1.54, 1.807) is 23.1 Å². The average molecular weight is 295 g/mol. The fraction of sp³-hybridized carbons (Fsp3) is 0.0667. The van der Waals surface area contributed by atoms with Gasteiger partial charge < -0.3 is 10.3 Å². The molecule has 0 spiro atoms. The summed E-state index contributed by atoms with van der Waals surface area (Å²) in [5.41, 5.74) is 1.01. The monoisotopic (exact) mass is 295 g/mol. The highest BCUT2D eigenvalue weighted by Crippen LogP contribution is 2.08. The van der Waals surface area contributed by atoms with Crippen LogP contribution in [0.2, 0.25) is 0 Å². The normalized spacial score (nSPS) is 10.4. The molecule has 0 aromatic carbocycles. The SMILES string of the molecule is O=C(Nc1cnn(Cc2ccccn2)c1)c1ccc[nH]c1=O. The van der Waals surface area contributed by atoms with E-state index in [2.05, 4.69) is 20.4 Å². The number of H-pyrrole nitrogens is 1. The van der Waals surface area contributed by atoms with Crippen molar-refractivity contribution in [2.75, 3.05) is 5.32 Å². The fourth-order valence-corrected chi connectivity index (χ4v) is 1.97. The second kappa shape index (κ2) is 6.04. The van der Waals surface area contributed by atoms with Gasteiger partial charge in [-0.3, -0.25) is 19.3 Å². The number of anilines is 1. The molecule has 0 atom stereocenters. The van der Waals surface area contributed by atoms with E-state index >= 15 is 0 Å². The van der Waals surface area contributed by atoms with Crippen LogP contribution in [0.15, 0.2) is 59.9 Å². The summed E-state index contributed by atoms with van der Waals surface area (Å²) >= 11 is 0. The third-order valence-corrected chi connectivity index (χ3v) is 3.00. The minimum Gasteiger partial charge on any atom is -0.328 e. The smallest absolute Gasteiger partial charge is 0.261 e. The summed E-state index contributed by atoms with van der Waals surface area (Å²) in [4.78, 5) is 30.2. The third kappa shape index (κ3) is 3.09. The highest BCUT2D eigenvalue weighted by atomic mass is 16.2. The molecule has 0 aliphatic heterocycles. The van der Waals surface area contributed by atoms with Gasteiger partial charge in [0.05, 0.1) is 24.1 Å². The Balaban J connectivity index is 1.71. The number of nitrogens with one attached hydrogen (secondary N) is 2. The van der Waals surface area contributed by atoms with Crippen molar-refractivity contribution in [2.45, 2.75) is 6.54 Å². The number of carbonyl (C=O) groups is 1. The van der Waals surface area contributed by atoms with Gasteiger partial charge in [0.25, 0.3) is 11.5 Å². The molecule has 3 aromatic rings. The number of aromatic nitrogens is 4. The summed E-state index contributed by atoms with van der Waals surface area (Å²) < 4.78 is 1.66. The van der Waals surface area contributed by atoms with Crippen molar-refractivity contribution in [1.29, 1.82) is 0 Å². The van der Waals surface area contributed by atoms with Crippen LogP contribution in [0.4, 0.5) is 5.69 Å². The van der Waals surface area contributed by atoms with Gasteiger partial charge in [0.15, 0.2) is 0 Å². The van der Waals surface area contributed by atoms with E-state index in [-0.39, 0.29) is 5.56 Å². The Bertz CT molecular complexity index is 838. The highest BCUT2D eigenvalue weighted by Gasteiger charge is 2.11. The maximum absolute atomic E-state index is 12.0. The van der Waals surface area contributed by atoms with Gasteiger partial charge in [-0.25, -0.2) is 0 Å². The molecule has 0 fully saturated rings. The second-order valence-corrected chi connectivity index (χ2v) is 4.61. The lowest BCUT2D eigenvalue weighted by Gasteiger charge is -2.01. The van der Waals surface area contributed by atoms with Crippen LogP contribution in [-0.4, -0.2) is 25.7 Å². The van der Waals surface area contributed by atoms with Gasteiger partial charge >= 0.3 is 0 Å². The number of amides is 1. The Morgan fingerprint density at radius 1 is 1.27 bits per heavy atom. The lowest BCUT2D eigenvalue weighted by molar-refractivity contribution is 0.102. The van der Waals surface area contributed by atoms with Gasteiger partial charge in [-0.2, -0.15) is 5.10 Å². The average Bonchev–Trinajstić information content (AvgIpc) is 2.95. The molecule has 110 valence electrons. The Morgan fingerprint density at radius 3 is 2.95 bits per heavy atom. The van der Waals surface area contributed by atoms with Crippen LogP contribution in [0, 0.1) is 0 Å². The fourth-order valence-electron chi connectivity index (χ4n) is 1.97. The van der Waals surface area contributed by atoms with Gasteiger partial charge in [0.2, 0.25) is 0 Å². The topological polar surface area (TPSA) is 92.7 Å². The second-order valence-electron chi connectivity index (χ2n) is 4.61. The summed E-state index contributed by atoms with van der Waals surface area (Å²) in [7, 11) is 0. The molecule has 7 heteroatoms. The van der Waals surface area contributed by atoms with E-state index in [4.69, 9.17) is 0 Å². The van der Waals surface area contributed by atoms with Crippen molar-refractivity contribution in [3.63, 3.8) is 0 Å². The van der Waals surface area contributed by atoms with Crippen molar-refractivity contribution in [3.05, 3.63) is 76.7 Å². The zero-order valence-electron chi connectivity index (χ0n) is 11.6. The predicted octanol–water partition coefficient (Wildman–Crippen LogP) is 1.27. The number of nitrogens with zero attached hydrogens (tertiary/aromatic N) is 3. The molecule has 1 amide bonds. The van der Waals surface area contributed by atoms with Crippen LogP contribution in [-0.2, 0) is 6.54 Å². The van der Waals surface area contributed by atoms with Gasteiger partial charge in [0, 0.05) is 18.6 Å². The standard InChI is InChI=1S/C15H13N5O2/c21-14-13(5-3-7-17-14)15(22)19-12-8-18-20(10-12)9-11-4-1-2-6-16-11/h1-8,10H,9H2,(H,17,21)(H,19,22). The summed E-state index contributed by atoms with van der Waals surface area (Å²) in [5.74, 6) is -0.473. The van der Waals surface area contributed by atoms with Crippen molar-refractivity contribution >= 4 is 11.6 Å². The van der Waals surface area contributed by atoms with Gasteiger partial charge in [-0.05, 0) is 24.3 Å². The minimum absolute atomic E-state index is 0.0555. The maximum atomic E-state index is 12.0. The molecule has 0 aliphatic carbocycles. The zero-order valence-corrected chi connectivity index (χ0v) is 11.6. The molecule has 7 nitrogen and oxygen atoms in total. The first-order valence-electron chi connectivity index (χ1n) is 6.64. The summed E-state index contributed by atoms with van der Waals surface area (Å²) in [6.45, 7) is 0.503. The van der Waals surface area contributed by atoms with Crippen LogP contribution in [0.1, 0.15) is 16.1 Å². The lowest BCUT2D eigenvalue weighted by atomic mass is 10.2. The van der Waals surface area contributed by atoms with E-state index in [9.17, 15) is 9.59 Å². The molecule has 3 aromatic heterocycles. The van der Waals surface area contributed by atoms with E-state index in [1.165, 1.54) is 18.5 Å². The van der Waals surface area contributed by atoms with Crippen LogP contribution >= 0.6 is 0 Å². The summed E-state index contributed by atoms with van der Waals surface area (Å²) in [5, 5.41) is 6.80. The Labute approximate surface area is 125 Å². The number of rotatable bonds is 4. The first-order chi connectivity index (χ1) is 10.7. The molecule has 0 aliphatic rings. The molecule has 3 heterocycles. The number of hydrogen-bond acceptors (Lipinski definition) is 4. The van der Waals surface area contributed by atoms with Crippen molar-refractivity contribution < 1.29 is 4.79 Å². The van der Waals surface area contributed by atoms with Crippen molar-refractivity contribution in [3.8, 4) is 0 Å². The molecule has 2 N–H and O–H groups in total. The molecule has 0 radical (unpaired) electrons. The molecular weight excluding hydrogens is 282 g/mol. The summed E-state index contributed by atoms with van der Waals surface area (Å²) in [6, 6.07) is 8.70. The summed E-state index contributed by atoms with van der Waals surface area (Å²) in [6.07, 6.45) is 6.40. The Hall–Kier alpha value is -3.22. The predicted molar refractivity (Wildman–Crippen MR) is 80.6 cm³/mol. The van der Waals surface area contributed by atoms with E-state index < -0.39 is 11.5 Å². The molecule has 3 rings (SSSR count). The van der Waals surface area contributed by atoms with Crippen LogP contribution in [0.25, 0.3) is 0 Å². The molecule has 0 unspecified atom stereocenters. The number of pyridine rings is 2. The molecule has 22 heavy (non-hydrogen) atoms. The quantitative estimate of drug-likeness (QED) is 0.758. The first-order valence-corrected chi connectivity index (χ1v) is 6.64. The maximum Gasteiger partial charge on any atom is 0.261 e. The molecular formula is C15H13N5O2. The van der Waals surface area contributed by atoms with Crippen LogP contribution < -0.4 is 10.9 Å².